The Balaban J connectivity index is 0.000000516. The molecule has 1 aliphatic heterocycles. The maximum absolute atomic E-state index is 11.5. The van der Waals surface area contributed by atoms with Crippen molar-refractivity contribution in [3.8, 4) is 0 Å². The standard InChI is InChI=1S/C15H24N4O3.C2HF3O2/c1-8(2)6-12(17-9(3)20)14-10(11-4-5-16-19-11)7-13(18-14)15(21)22;3-2(4,5)1(6)7/h4-5,8,10,12-14,18H,6-7H2,1-3H3,(H,16,19)(H,17,20)(H,21,22);(H,6,7)/t10-,12-,13+,14+;/m0./s1. The second kappa shape index (κ2) is 10.2. The molecule has 0 radical (unpaired) electrons. The van der Waals surface area contributed by atoms with Crippen LogP contribution in [-0.4, -0.2) is 62.6 Å². The molecule has 0 aromatic carbocycles. The Kier molecular flexibility index (Phi) is 8.61. The molecule has 0 spiro atoms. The molecule has 1 amide bonds. The largest absolute Gasteiger partial charge is 0.490 e. The van der Waals surface area contributed by atoms with Crippen LogP contribution in [0.4, 0.5) is 13.2 Å². The van der Waals surface area contributed by atoms with Crippen molar-refractivity contribution in [1.82, 2.24) is 20.8 Å². The van der Waals surface area contributed by atoms with Crippen molar-refractivity contribution in [2.45, 2.75) is 63.8 Å². The van der Waals surface area contributed by atoms with Gasteiger partial charge in [-0.2, -0.15) is 18.3 Å². The molecule has 12 heteroatoms. The Bertz CT molecular complexity index is 694. The van der Waals surface area contributed by atoms with E-state index in [1.54, 1.807) is 6.20 Å². The number of carboxylic acid groups (broad SMARTS) is 2. The highest BCUT2D eigenvalue weighted by molar-refractivity contribution is 5.75. The number of halogens is 3. The quantitative estimate of drug-likeness (QED) is 0.467. The van der Waals surface area contributed by atoms with Crippen LogP contribution in [0.15, 0.2) is 12.3 Å². The van der Waals surface area contributed by atoms with Gasteiger partial charge in [-0.1, -0.05) is 13.8 Å². The first-order valence-electron chi connectivity index (χ1n) is 8.88. The number of carbonyl (C=O) groups excluding carboxylic acids is 1. The molecule has 2 heterocycles. The molecule has 1 aromatic rings. The zero-order valence-electron chi connectivity index (χ0n) is 16.2. The number of H-pyrrole nitrogens is 1. The molecule has 0 aliphatic carbocycles. The molecule has 9 nitrogen and oxygen atoms in total. The molecule has 2 rings (SSSR count). The fraction of sp³-hybridized carbons (Fsp3) is 0.647. The third-order valence-corrected chi connectivity index (χ3v) is 4.31. The third-order valence-electron chi connectivity index (χ3n) is 4.31. The lowest BCUT2D eigenvalue weighted by molar-refractivity contribution is -0.192. The zero-order chi connectivity index (χ0) is 22.4. The monoisotopic (exact) mass is 422 g/mol. The average Bonchev–Trinajstić information content (AvgIpc) is 3.22. The van der Waals surface area contributed by atoms with Gasteiger partial charge in [0.05, 0.1) is 5.69 Å². The van der Waals surface area contributed by atoms with Gasteiger partial charge in [0, 0.05) is 31.1 Å². The van der Waals surface area contributed by atoms with Gasteiger partial charge >= 0.3 is 18.1 Å². The highest BCUT2D eigenvalue weighted by Crippen LogP contribution is 2.33. The Hall–Kier alpha value is -2.63. The van der Waals surface area contributed by atoms with Gasteiger partial charge in [0.1, 0.15) is 6.04 Å². The van der Waals surface area contributed by atoms with E-state index >= 15 is 0 Å². The molecule has 5 N–H and O–H groups in total. The fourth-order valence-electron chi connectivity index (χ4n) is 3.23. The summed E-state index contributed by atoms with van der Waals surface area (Å²) in [4.78, 5) is 31.8. The first-order chi connectivity index (χ1) is 13.3. The van der Waals surface area contributed by atoms with Crippen molar-refractivity contribution in [1.29, 1.82) is 0 Å². The number of nitrogens with one attached hydrogen (secondary N) is 3. The number of aliphatic carboxylic acids is 2. The lowest BCUT2D eigenvalue weighted by Crippen LogP contribution is -2.51. The normalized spacial score (nSPS) is 22.5. The molecule has 4 atom stereocenters. The topological polar surface area (TPSA) is 144 Å². The lowest BCUT2D eigenvalue weighted by Gasteiger charge is -2.30. The molecule has 29 heavy (non-hydrogen) atoms. The summed E-state index contributed by atoms with van der Waals surface area (Å²) in [5, 5.41) is 29.6. The van der Waals surface area contributed by atoms with Crippen LogP contribution < -0.4 is 10.6 Å². The van der Waals surface area contributed by atoms with Crippen molar-refractivity contribution in [3.63, 3.8) is 0 Å². The molecule has 0 saturated carbocycles. The van der Waals surface area contributed by atoms with Gasteiger partial charge in [0.2, 0.25) is 5.91 Å². The van der Waals surface area contributed by atoms with Crippen molar-refractivity contribution in [3.05, 3.63) is 18.0 Å². The number of aromatic amines is 1. The summed E-state index contributed by atoms with van der Waals surface area (Å²) in [6.07, 6.45) is -2.10. The highest BCUT2D eigenvalue weighted by atomic mass is 19.4. The van der Waals surface area contributed by atoms with E-state index in [0.717, 1.165) is 12.1 Å². The van der Waals surface area contributed by atoms with Crippen LogP contribution in [-0.2, 0) is 14.4 Å². The molecular weight excluding hydrogens is 397 g/mol. The first kappa shape index (κ1) is 24.4. The summed E-state index contributed by atoms with van der Waals surface area (Å²) in [6, 6.07) is 0.985. The predicted molar refractivity (Wildman–Crippen MR) is 95.0 cm³/mol. The van der Waals surface area contributed by atoms with Gasteiger partial charge in [0.15, 0.2) is 0 Å². The van der Waals surface area contributed by atoms with E-state index < -0.39 is 24.2 Å². The van der Waals surface area contributed by atoms with Crippen LogP contribution >= 0.6 is 0 Å². The number of aromatic nitrogens is 2. The minimum atomic E-state index is -5.08. The van der Waals surface area contributed by atoms with E-state index in [2.05, 4.69) is 34.7 Å². The second-order valence-corrected chi connectivity index (χ2v) is 7.16. The Morgan fingerprint density at radius 2 is 1.90 bits per heavy atom. The first-order valence-corrected chi connectivity index (χ1v) is 8.88. The fourth-order valence-corrected chi connectivity index (χ4v) is 3.23. The molecule has 1 saturated heterocycles. The van der Waals surface area contributed by atoms with E-state index in [1.165, 1.54) is 6.92 Å². The Morgan fingerprint density at radius 3 is 2.28 bits per heavy atom. The maximum atomic E-state index is 11.5. The van der Waals surface area contributed by atoms with Crippen LogP contribution in [0.2, 0.25) is 0 Å². The minimum absolute atomic E-state index is 0.0389. The molecule has 1 aliphatic rings. The Labute approximate surface area is 165 Å². The number of carbonyl (C=O) groups is 3. The summed E-state index contributed by atoms with van der Waals surface area (Å²) < 4.78 is 31.7. The molecular formula is C17H25F3N4O5. The summed E-state index contributed by atoms with van der Waals surface area (Å²) in [6.45, 7) is 5.66. The molecule has 0 bridgehead atoms. The van der Waals surface area contributed by atoms with Crippen LogP contribution in [0.1, 0.15) is 45.2 Å². The number of amides is 1. The van der Waals surface area contributed by atoms with Crippen molar-refractivity contribution >= 4 is 17.8 Å². The van der Waals surface area contributed by atoms with Gasteiger partial charge < -0.3 is 15.5 Å². The van der Waals surface area contributed by atoms with E-state index in [1.807, 2.05) is 6.07 Å². The predicted octanol–water partition coefficient (Wildman–Crippen LogP) is 1.49. The summed E-state index contributed by atoms with van der Waals surface area (Å²) in [7, 11) is 0. The van der Waals surface area contributed by atoms with Gasteiger partial charge in [-0.05, 0) is 24.8 Å². The number of hydrogen-bond donors (Lipinski definition) is 5. The summed E-state index contributed by atoms with van der Waals surface area (Å²) >= 11 is 0. The van der Waals surface area contributed by atoms with Gasteiger partial charge in [-0.15, -0.1) is 0 Å². The van der Waals surface area contributed by atoms with Crippen LogP contribution in [0.25, 0.3) is 0 Å². The second-order valence-electron chi connectivity index (χ2n) is 7.16. The number of alkyl halides is 3. The van der Waals surface area contributed by atoms with Crippen LogP contribution in [0.3, 0.4) is 0 Å². The van der Waals surface area contributed by atoms with Crippen molar-refractivity contribution in [2.24, 2.45) is 5.92 Å². The van der Waals surface area contributed by atoms with Gasteiger partial charge in [-0.25, -0.2) is 4.79 Å². The molecule has 164 valence electrons. The molecule has 1 aromatic heterocycles. The number of carboxylic acids is 2. The highest BCUT2D eigenvalue weighted by Gasteiger charge is 2.43. The number of nitrogens with zero attached hydrogens (tertiary/aromatic N) is 1. The smallest absolute Gasteiger partial charge is 0.480 e. The van der Waals surface area contributed by atoms with E-state index in [0.29, 0.717) is 12.3 Å². The summed E-state index contributed by atoms with van der Waals surface area (Å²) in [5.41, 5.74) is 0.834. The van der Waals surface area contributed by atoms with Crippen molar-refractivity contribution < 1.29 is 37.8 Å². The van der Waals surface area contributed by atoms with E-state index in [-0.39, 0.29) is 23.9 Å². The summed E-state index contributed by atoms with van der Waals surface area (Å²) in [5.74, 6) is -3.38. The van der Waals surface area contributed by atoms with E-state index in [9.17, 15) is 27.9 Å². The number of rotatable bonds is 6. The zero-order valence-corrected chi connectivity index (χ0v) is 16.2. The maximum Gasteiger partial charge on any atom is 0.490 e. The van der Waals surface area contributed by atoms with E-state index in [4.69, 9.17) is 9.90 Å². The number of hydrogen-bond acceptors (Lipinski definition) is 5. The Morgan fingerprint density at radius 1 is 1.31 bits per heavy atom. The molecule has 0 unspecified atom stereocenters. The average molecular weight is 422 g/mol. The minimum Gasteiger partial charge on any atom is -0.480 e. The lowest BCUT2D eigenvalue weighted by atomic mass is 9.87. The van der Waals surface area contributed by atoms with Gasteiger partial charge in [-0.3, -0.25) is 20.0 Å². The van der Waals surface area contributed by atoms with Gasteiger partial charge in [0.25, 0.3) is 0 Å². The van der Waals surface area contributed by atoms with Crippen LogP contribution in [0, 0.1) is 5.92 Å². The molecule has 1 fully saturated rings. The van der Waals surface area contributed by atoms with Crippen molar-refractivity contribution in [2.75, 3.05) is 0 Å². The SMILES string of the molecule is CC(=O)N[C@@H](CC(C)C)[C@@H]1N[C@@H](C(=O)O)C[C@H]1c1cc[nH]n1.O=C(O)C(F)(F)F. The third kappa shape index (κ3) is 7.72. The van der Waals surface area contributed by atoms with Crippen LogP contribution in [0.5, 0.6) is 0 Å².